The minimum Gasteiger partial charge on any atom is -0.478 e. The Balaban J connectivity index is 3.31. The minimum atomic E-state index is -0.916. The van der Waals surface area contributed by atoms with E-state index in [9.17, 15) is 4.79 Å². The molecule has 14 heavy (non-hydrogen) atoms. The van der Waals surface area contributed by atoms with Crippen molar-refractivity contribution in [3.05, 3.63) is 35.4 Å². The van der Waals surface area contributed by atoms with Gasteiger partial charge in [-0.15, -0.1) is 0 Å². The molecule has 0 bridgehead atoms. The van der Waals surface area contributed by atoms with E-state index >= 15 is 0 Å². The fourth-order valence-electron chi connectivity index (χ4n) is 1.35. The molecule has 0 unspecified atom stereocenters. The summed E-state index contributed by atoms with van der Waals surface area (Å²) in [5, 5.41) is 11.8. The van der Waals surface area contributed by atoms with Gasteiger partial charge in [-0.3, -0.25) is 0 Å². The van der Waals surface area contributed by atoms with Gasteiger partial charge in [0, 0.05) is 7.05 Å². The van der Waals surface area contributed by atoms with Crippen LogP contribution in [0.2, 0.25) is 0 Å². The van der Waals surface area contributed by atoms with E-state index in [0.29, 0.717) is 11.3 Å². The van der Waals surface area contributed by atoms with Crippen LogP contribution in [0.3, 0.4) is 0 Å². The predicted octanol–water partition coefficient (Wildman–Crippen LogP) is 2.46. The van der Waals surface area contributed by atoms with Crippen molar-refractivity contribution < 1.29 is 9.90 Å². The maximum absolute atomic E-state index is 10.9. The van der Waals surface area contributed by atoms with Crippen LogP contribution in [0, 0.1) is 0 Å². The molecule has 74 valence electrons. The fourth-order valence-corrected chi connectivity index (χ4v) is 1.35. The summed E-state index contributed by atoms with van der Waals surface area (Å²) in [4.78, 5) is 10.9. The van der Waals surface area contributed by atoms with E-state index in [0.717, 1.165) is 5.56 Å². The maximum Gasteiger partial charge on any atom is 0.337 e. The molecule has 1 aromatic rings. The standard InChI is InChI=1S/C11H13NO2/c1-3-5-8-6-4-7-9(11(13)14)10(8)12-2/h3-7,12H,1-2H3,(H,13,14). The van der Waals surface area contributed by atoms with E-state index in [2.05, 4.69) is 5.32 Å². The Kier molecular flexibility index (Phi) is 3.29. The first-order valence-electron chi connectivity index (χ1n) is 4.37. The first kappa shape index (κ1) is 10.3. The molecule has 2 N–H and O–H groups in total. The molecule has 3 heteroatoms. The fraction of sp³-hybridized carbons (Fsp3) is 0.182. The van der Waals surface area contributed by atoms with Crippen molar-refractivity contribution in [3.63, 3.8) is 0 Å². The number of carboxylic acids is 1. The van der Waals surface area contributed by atoms with Gasteiger partial charge in [-0.25, -0.2) is 4.79 Å². The zero-order valence-corrected chi connectivity index (χ0v) is 8.24. The number of benzene rings is 1. The molecule has 0 fully saturated rings. The third-order valence-electron chi connectivity index (χ3n) is 1.92. The van der Waals surface area contributed by atoms with Crippen molar-refractivity contribution in [2.75, 3.05) is 12.4 Å². The minimum absolute atomic E-state index is 0.295. The van der Waals surface area contributed by atoms with E-state index in [1.807, 2.05) is 25.1 Å². The van der Waals surface area contributed by atoms with Gasteiger partial charge in [0.1, 0.15) is 0 Å². The van der Waals surface area contributed by atoms with Crippen LogP contribution in [-0.4, -0.2) is 18.1 Å². The van der Waals surface area contributed by atoms with Gasteiger partial charge in [0.25, 0.3) is 0 Å². The van der Waals surface area contributed by atoms with Crippen molar-refractivity contribution in [1.29, 1.82) is 0 Å². The third kappa shape index (κ3) is 1.93. The molecular weight excluding hydrogens is 178 g/mol. The number of aromatic carboxylic acids is 1. The van der Waals surface area contributed by atoms with Gasteiger partial charge in [0.15, 0.2) is 0 Å². The molecule has 0 aliphatic heterocycles. The highest BCUT2D eigenvalue weighted by atomic mass is 16.4. The molecule has 0 aromatic heterocycles. The Hall–Kier alpha value is -1.77. The van der Waals surface area contributed by atoms with Crippen molar-refractivity contribution >= 4 is 17.7 Å². The quantitative estimate of drug-likeness (QED) is 0.771. The summed E-state index contributed by atoms with van der Waals surface area (Å²) in [7, 11) is 1.72. The molecule has 0 spiro atoms. The number of rotatable bonds is 3. The van der Waals surface area contributed by atoms with Crippen LogP contribution >= 0.6 is 0 Å². The third-order valence-corrected chi connectivity index (χ3v) is 1.92. The van der Waals surface area contributed by atoms with Gasteiger partial charge < -0.3 is 10.4 Å². The van der Waals surface area contributed by atoms with Crippen molar-refractivity contribution in [2.45, 2.75) is 6.92 Å². The highest BCUT2D eigenvalue weighted by Gasteiger charge is 2.10. The lowest BCUT2D eigenvalue weighted by molar-refractivity contribution is 0.0698. The van der Waals surface area contributed by atoms with Crippen molar-refractivity contribution in [2.24, 2.45) is 0 Å². The van der Waals surface area contributed by atoms with E-state index in [1.165, 1.54) is 0 Å². The second-order valence-corrected chi connectivity index (χ2v) is 2.82. The molecular formula is C11H13NO2. The summed E-state index contributed by atoms with van der Waals surface area (Å²) in [6, 6.07) is 5.19. The van der Waals surface area contributed by atoms with Crippen molar-refractivity contribution in [3.8, 4) is 0 Å². The van der Waals surface area contributed by atoms with Crippen LogP contribution in [0.15, 0.2) is 24.3 Å². The molecule has 0 saturated heterocycles. The number of hydrogen-bond donors (Lipinski definition) is 2. The molecule has 0 aliphatic rings. The topological polar surface area (TPSA) is 49.3 Å². The predicted molar refractivity (Wildman–Crippen MR) is 57.7 cm³/mol. The summed E-state index contributed by atoms with van der Waals surface area (Å²) < 4.78 is 0. The summed E-state index contributed by atoms with van der Waals surface area (Å²) in [6.45, 7) is 1.90. The normalized spacial score (nSPS) is 10.4. The van der Waals surface area contributed by atoms with Gasteiger partial charge in [0.05, 0.1) is 11.3 Å². The van der Waals surface area contributed by atoms with E-state index in [-0.39, 0.29) is 0 Å². The van der Waals surface area contributed by atoms with Gasteiger partial charge >= 0.3 is 5.97 Å². The van der Waals surface area contributed by atoms with Crippen LogP contribution in [0.4, 0.5) is 5.69 Å². The molecule has 3 nitrogen and oxygen atoms in total. The molecule has 0 radical (unpaired) electrons. The zero-order valence-electron chi connectivity index (χ0n) is 8.24. The van der Waals surface area contributed by atoms with Crippen LogP contribution in [0.5, 0.6) is 0 Å². The molecule has 1 rings (SSSR count). The number of carbonyl (C=O) groups is 1. The first-order valence-corrected chi connectivity index (χ1v) is 4.37. The Bertz CT molecular complexity index is 370. The van der Waals surface area contributed by atoms with Gasteiger partial charge in [-0.2, -0.15) is 0 Å². The number of allylic oxidation sites excluding steroid dienone is 1. The second-order valence-electron chi connectivity index (χ2n) is 2.82. The number of nitrogens with one attached hydrogen (secondary N) is 1. The smallest absolute Gasteiger partial charge is 0.337 e. The van der Waals surface area contributed by atoms with Gasteiger partial charge in [-0.05, 0) is 18.6 Å². The number of anilines is 1. The monoisotopic (exact) mass is 191 g/mol. The number of hydrogen-bond acceptors (Lipinski definition) is 2. The average molecular weight is 191 g/mol. The lowest BCUT2D eigenvalue weighted by atomic mass is 10.1. The number of carboxylic acid groups (broad SMARTS) is 1. The lowest BCUT2D eigenvalue weighted by Crippen LogP contribution is -2.03. The molecule has 0 saturated carbocycles. The summed E-state index contributed by atoms with van der Waals surface area (Å²) in [5.74, 6) is -0.916. The Morgan fingerprint density at radius 3 is 2.71 bits per heavy atom. The van der Waals surface area contributed by atoms with Gasteiger partial charge in [0.2, 0.25) is 0 Å². The van der Waals surface area contributed by atoms with Crippen molar-refractivity contribution in [1.82, 2.24) is 0 Å². The molecule has 0 heterocycles. The highest BCUT2D eigenvalue weighted by molar-refractivity contribution is 5.96. The Morgan fingerprint density at radius 1 is 1.50 bits per heavy atom. The summed E-state index contributed by atoms with van der Waals surface area (Å²) in [6.07, 6.45) is 3.75. The van der Waals surface area contributed by atoms with E-state index in [1.54, 1.807) is 19.2 Å². The molecule has 0 aliphatic carbocycles. The zero-order chi connectivity index (χ0) is 10.6. The van der Waals surface area contributed by atoms with Crippen LogP contribution in [0.1, 0.15) is 22.8 Å². The molecule has 1 aromatic carbocycles. The molecule has 0 amide bonds. The maximum atomic E-state index is 10.9. The molecule has 0 atom stereocenters. The van der Waals surface area contributed by atoms with Crippen LogP contribution in [0.25, 0.3) is 6.08 Å². The summed E-state index contributed by atoms with van der Waals surface area (Å²) >= 11 is 0. The largest absolute Gasteiger partial charge is 0.478 e. The van der Waals surface area contributed by atoms with Crippen LogP contribution < -0.4 is 5.32 Å². The van der Waals surface area contributed by atoms with E-state index < -0.39 is 5.97 Å². The SMILES string of the molecule is CC=Cc1cccc(C(=O)O)c1NC. The van der Waals surface area contributed by atoms with Crippen LogP contribution in [-0.2, 0) is 0 Å². The highest BCUT2D eigenvalue weighted by Crippen LogP contribution is 2.21. The average Bonchev–Trinajstić information content (AvgIpc) is 2.18. The lowest BCUT2D eigenvalue weighted by Gasteiger charge is -2.08. The second kappa shape index (κ2) is 4.46. The first-order chi connectivity index (χ1) is 6.70. The number of para-hydroxylation sites is 1. The van der Waals surface area contributed by atoms with E-state index in [4.69, 9.17) is 5.11 Å². The Labute approximate surface area is 83.1 Å². The van der Waals surface area contributed by atoms with Gasteiger partial charge in [-0.1, -0.05) is 24.3 Å². The summed E-state index contributed by atoms with van der Waals surface area (Å²) in [5.41, 5.74) is 1.83. The Morgan fingerprint density at radius 2 is 2.21 bits per heavy atom.